The largest absolute Gasteiger partial charge is 0.490 e. The van der Waals surface area contributed by atoms with Crippen LogP contribution < -0.4 is 5.32 Å². The summed E-state index contributed by atoms with van der Waals surface area (Å²) >= 11 is 0. The Morgan fingerprint density at radius 3 is 2.56 bits per heavy atom. The number of H-pyrrole nitrogens is 1. The van der Waals surface area contributed by atoms with E-state index in [-0.39, 0.29) is 0 Å². The lowest BCUT2D eigenvalue weighted by molar-refractivity contribution is -0.192. The fourth-order valence-corrected chi connectivity index (χ4v) is 1.62. The number of nitrogens with one attached hydrogen (secondary N) is 2. The van der Waals surface area contributed by atoms with Gasteiger partial charge in [-0.25, -0.2) is 4.79 Å². The average Bonchev–Trinajstić information content (AvgIpc) is 2.83. The lowest BCUT2D eigenvalue weighted by Crippen LogP contribution is -2.28. The third-order valence-corrected chi connectivity index (χ3v) is 2.53. The van der Waals surface area contributed by atoms with Gasteiger partial charge in [0.05, 0.1) is 6.20 Å². The SMILES string of the molecule is O=C(O)C(F)(F)F.c1n[nH]cc1C1CCCNC1. The predicted molar refractivity (Wildman–Crippen MR) is 57.1 cm³/mol. The van der Waals surface area contributed by atoms with Gasteiger partial charge in [0, 0.05) is 12.7 Å². The maximum absolute atomic E-state index is 10.6. The second-order valence-electron chi connectivity index (χ2n) is 3.88. The van der Waals surface area contributed by atoms with Crippen molar-refractivity contribution < 1.29 is 23.1 Å². The number of hydrogen-bond acceptors (Lipinski definition) is 3. The molecule has 102 valence electrons. The molecule has 1 unspecified atom stereocenters. The highest BCUT2D eigenvalue weighted by atomic mass is 19.4. The molecule has 0 bridgehead atoms. The van der Waals surface area contributed by atoms with Crippen LogP contribution in [0.5, 0.6) is 0 Å². The van der Waals surface area contributed by atoms with Crippen molar-refractivity contribution in [3.63, 3.8) is 0 Å². The Morgan fingerprint density at radius 1 is 1.50 bits per heavy atom. The molecule has 0 aliphatic carbocycles. The number of aromatic nitrogens is 2. The van der Waals surface area contributed by atoms with Crippen LogP contribution >= 0.6 is 0 Å². The zero-order valence-corrected chi connectivity index (χ0v) is 9.50. The zero-order valence-electron chi connectivity index (χ0n) is 9.50. The number of carbonyl (C=O) groups is 1. The summed E-state index contributed by atoms with van der Waals surface area (Å²) in [7, 11) is 0. The first-order valence-electron chi connectivity index (χ1n) is 5.40. The standard InChI is InChI=1S/C8H13N3.C2HF3O2/c1-2-7(4-9-3-1)8-5-10-11-6-8;3-2(4,5)1(6)7/h5-7,9H,1-4H2,(H,10,11);(H,6,7). The molecule has 1 aromatic rings. The Labute approximate surface area is 101 Å². The fourth-order valence-electron chi connectivity index (χ4n) is 1.62. The van der Waals surface area contributed by atoms with Crippen LogP contribution in [-0.4, -0.2) is 40.5 Å². The van der Waals surface area contributed by atoms with Gasteiger partial charge in [-0.1, -0.05) is 0 Å². The fraction of sp³-hybridized carbons (Fsp3) is 0.600. The lowest BCUT2D eigenvalue weighted by atomic mass is 9.94. The predicted octanol–water partition coefficient (Wildman–Crippen LogP) is 1.51. The number of aromatic amines is 1. The number of halogens is 3. The van der Waals surface area contributed by atoms with Gasteiger partial charge in [0.1, 0.15) is 0 Å². The van der Waals surface area contributed by atoms with Crippen molar-refractivity contribution in [2.24, 2.45) is 0 Å². The molecule has 2 heterocycles. The van der Waals surface area contributed by atoms with E-state index in [1.165, 1.54) is 24.9 Å². The highest BCUT2D eigenvalue weighted by molar-refractivity contribution is 5.73. The van der Waals surface area contributed by atoms with Gasteiger partial charge >= 0.3 is 12.1 Å². The van der Waals surface area contributed by atoms with Gasteiger partial charge in [-0.05, 0) is 30.9 Å². The molecule has 0 amide bonds. The molecule has 0 aromatic carbocycles. The maximum Gasteiger partial charge on any atom is 0.490 e. The molecule has 0 saturated carbocycles. The normalized spacial score (nSPS) is 19.8. The van der Waals surface area contributed by atoms with Gasteiger partial charge in [-0.2, -0.15) is 18.3 Å². The number of carboxylic acids is 1. The molecule has 1 aliphatic heterocycles. The molecule has 18 heavy (non-hydrogen) atoms. The monoisotopic (exact) mass is 265 g/mol. The van der Waals surface area contributed by atoms with Crippen LogP contribution in [0.1, 0.15) is 24.3 Å². The molecule has 1 fully saturated rings. The lowest BCUT2D eigenvalue weighted by Gasteiger charge is -2.21. The van der Waals surface area contributed by atoms with Gasteiger partial charge in [0.2, 0.25) is 0 Å². The minimum Gasteiger partial charge on any atom is -0.475 e. The Hall–Kier alpha value is -1.57. The summed E-state index contributed by atoms with van der Waals surface area (Å²) in [5.41, 5.74) is 1.34. The van der Waals surface area contributed by atoms with Crippen LogP contribution in [0.4, 0.5) is 13.2 Å². The van der Waals surface area contributed by atoms with Crippen molar-refractivity contribution in [3.05, 3.63) is 18.0 Å². The summed E-state index contributed by atoms with van der Waals surface area (Å²) in [5.74, 6) is -2.07. The molecule has 1 aromatic heterocycles. The van der Waals surface area contributed by atoms with Gasteiger partial charge in [0.25, 0.3) is 0 Å². The van der Waals surface area contributed by atoms with Crippen molar-refractivity contribution in [1.82, 2.24) is 15.5 Å². The van der Waals surface area contributed by atoms with E-state index in [1.807, 2.05) is 12.4 Å². The van der Waals surface area contributed by atoms with E-state index in [0.717, 1.165) is 6.54 Å². The average molecular weight is 265 g/mol. The molecule has 3 N–H and O–H groups in total. The maximum atomic E-state index is 10.6. The van der Waals surface area contributed by atoms with E-state index in [2.05, 4.69) is 15.5 Å². The number of alkyl halides is 3. The van der Waals surface area contributed by atoms with Crippen LogP contribution in [-0.2, 0) is 4.79 Å². The van der Waals surface area contributed by atoms with Crippen LogP contribution in [0, 0.1) is 0 Å². The number of piperidine rings is 1. The minimum absolute atomic E-state index is 0.683. The first kappa shape index (κ1) is 14.5. The molecule has 1 saturated heterocycles. The molecule has 0 spiro atoms. The molecular formula is C10H14F3N3O2. The second kappa shape index (κ2) is 6.39. The molecule has 0 radical (unpaired) electrons. The Kier molecular flexibility index (Phi) is 5.14. The van der Waals surface area contributed by atoms with E-state index >= 15 is 0 Å². The highest BCUT2D eigenvalue weighted by Crippen LogP contribution is 2.21. The summed E-state index contributed by atoms with van der Waals surface area (Å²) < 4.78 is 31.7. The topological polar surface area (TPSA) is 78.0 Å². The van der Waals surface area contributed by atoms with E-state index < -0.39 is 12.1 Å². The summed E-state index contributed by atoms with van der Waals surface area (Å²) in [6.07, 6.45) is 1.43. The van der Waals surface area contributed by atoms with Crippen LogP contribution in [0.25, 0.3) is 0 Å². The Morgan fingerprint density at radius 2 is 2.17 bits per heavy atom. The Bertz CT molecular complexity index is 359. The van der Waals surface area contributed by atoms with E-state index in [4.69, 9.17) is 9.90 Å². The smallest absolute Gasteiger partial charge is 0.475 e. The summed E-state index contributed by atoms with van der Waals surface area (Å²) in [6.45, 7) is 2.29. The quantitative estimate of drug-likeness (QED) is 0.719. The second-order valence-corrected chi connectivity index (χ2v) is 3.88. The third kappa shape index (κ3) is 4.74. The van der Waals surface area contributed by atoms with Crippen molar-refractivity contribution in [2.45, 2.75) is 24.9 Å². The minimum atomic E-state index is -5.08. The number of carboxylic acid groups (broad SMARTS) is 1. The van der Waals surface area contributed by atoms with Crippen LogP contribution in [0.3, 0.4) is 0 Å². The van der Waals surface area contributed by atoms with Gasteiger partial charge in [-0.3, -0.25) is 5.10 Å². The van der Waals surface area contributed by atoms with E-state index in [1.54, 1.807) is 0 Å². The first-order chi connectivity index (χ1) is 8.41. The third-order valence-electron chi connectivity index (χ3n) is 2.53. The number of nitrogens with zero attached hydrogens (tertiary/aromatic N) is 1. The van der Waals surface area contributed by atoms with Crippen LogP contribution in [0.2, 0.25) is 0 Å². The molecule has 5 nitrogen and oxygen atoms in total. The zero-order chi connectivity index (χ0) is 13.6. The van der Waals surface area contributed by atoms with E-state index in [9.17, 15) is 13.2 Å². The van der Waals surface area contributed by atoms with Crippen molar-refractivity contribution in [3.8, 4) is 0 Å². The highest BCUT2D eigenvalue weighted by Gasteiger charge is 2.38. The van der Waals surface area contributed by atoms with Gasteiger partial charge in [0.15, 0.2) is 0 Å². The molecule has 8 heteroatoms. The number of rotatable bonds is 1. The van der Waals surface area contributed by atoms with Crippen molar-refractivity contribution >= 4 is 5.97 Å². The van der Waals surface area contributed by atoms with Gasteiger partial charge in [-0.15, -0.1) is 0 Å². The molecule has 1 atom stereocenters. The van der Waals surface area contributed by atoms with E-state index in [0.29, 0.717) is 5.92 Å². The number of hydrogen-bond donors (Lipinski definition) is 3. The molecular weight excluding hydrogens is 251 g/mol. The number of aliphatic carboxylic acids is 1. The van der Waals surface area contributed by atoms with Crippen molar-refractivity contribution in [2.75, 3.05) is 13.1 Å². The first-order valence-corrected chi connectivity index (χ1v) is 5.40. The Balaban J connectivity index is 0.000000203. The summed E-state index contributed by atoms with van der Waals surface area (Å²) in [6, 6.07) is 0. The summed E-state index contributed by atoms with van der Waals surface area (Å²) in [4.78, 5) is 8.90. The molecule has 2 rings (SSSR count). The van der Waals surface area contributed by atoms with Crippen molar-refractivity contribution in [1.29, 1.82) is 0 Å². The molecule has 1 aliphatic rings. The van der Waals surface area contributed by atoms with Gasteiger partial charge < -0.3 is 10.4 Å². The summed E-state index contributed by atoms with van der Waals surface area (Å²) in [5, 5.41) is 17.3. The van der Waals surface area contributed by atoms with Crippen LogP contribution in [0.15, 0.2) is 12.4 Å².